The molecule has 0 aromatic rings. The first kappa shape index (κ1) is 10.4. The van der Waals surface area contributed by atoms with E-state index in [0.717, 1.165) is 0 Å². The first-order valence-corrected chi connectivity index (χ1v) is 5.42. The second-order valence-corrected chi connectivity index (χ2v) is 4.77. The molecule has 0 radical (unpaired) electrons. The molecule has 5 heteroatoms. The van der Waals surface area contributed by atoms with Crippen molar-refractivity contribution >= 4 is 15.7 Å². The van der Waals surface area contributed by atoms with Gasteiger partial charge in [0.15, 0.2) is 0 Å². The Bertz CT molecular complexity index is 227. The van der Waals surface area contributed by atoms with Crippen LogP contribution in [-0.4, -0.2) is 32.8 Å². The van der Waals surface area contributed by atoms with Crippen molar-refractivity contribution in [1.29, 1.82) is 0 Å². The molecule has 4 nitrogen and oxygen atoms in total. The van der Waals surface area contributed by atoms with E-state index in [1.165, 1.54) is 6.26 Å². The largest absolute Gasteiger partial charge is 0.388 e. The van der Waals surface area contributed by atoms with Gasteiger partial charge in [0.05, 0.1) is 11.6 Å². The number of amidine groups is 1. The Balaban J connectivity index is 3.53. The van der Waals surface area contributed by atoms with Crippen LogP contribution in [0.4, 0.5) is 0 Å². The number of aliphatic imine (C=N–C) groups is 1. The van der Waals surface area contributed by atoms with E-state index in [2.05, 4.69) is 4.99 Å². The molecular formula is C6H14N2O2S. The minimum atomic E-state index is -2.83. The Morgan fingerprint density at radius 2 is 2.09 bits per heavy atom. The summed E-state index contributed by atoms with van der Waals surface area (Å²) in [5.74, 6) is 0.683. The maximum atomic E-state index is 10.6. The maximum Gasteiger partial charge on any atom is 0.147 e. The summed E-state index contributed by atoms with van der Waals surface area (Å²) in [7, 11) is -2.83. The fraction of sp³-hybridized carbons (Fsp3) is 0.833. The van der Waals surface area contributed by atoms with Crippen molar-refractivity contribution in [3.05, 3.63) is 0 Å². The van der Waals surface area contributed by atoms with Crippen LogP contribution in [0, 0.1) is 0 Å². The van der Waals surface area contributed by atoms with Gasteiger partial charge in [0.25, 0.3) is 0 Å². The summed E-state index contributed by atoms with van der Waals surface area (Å²) in [4.78, 5) is 3.86. The van der Waals surface area contributed by atoms with Gasteiger partial charge < -0.3 is 5.73 Å². The van der Waals surface area contributed by atoms with E-state index in [-0.39, 0.29) is 5.75 Å². The second-order valence-electron chi connectivity index (χ2n) is 2.51. The van der Waals surface area contributed by atoms with Crippen LogP contribution in [0.1, 0.15) is 13.3 Å². The van der Waals surface area contributed by atoms with Crippen LogP contribution in [0.2, 0.25) is 0 Å². The van der Waals surface area contributed by atoms with Crippen molar-refractivity contribution in [2.75, 3.05) is 18.6 Å². The Labute approximate surface area is 67.4 Å². The third-order valence-corrected chi connectivity index (χ3v) is 2.06. The molecule has 0 aliphatic carbocycles. The van der Waals surface area contributed by atoms with E-state index in [4.69, 9.17) is 5.73 Å². The molecule has 0 saturated heterocycles. The topological polar surface area (TPSA) is 72.5 Å². The van der Waals surface area contributed by atoms with E-state index in [0.29, 0.717) is 18.8 Å². The van der Waals surface area contributed by atoms with E-state index in [1.807, 2.05) is 0 Å². The third kappa shape index (κ3) is 9.42. The zero-order chi connectivity index (χ0) is 8.91. The molecule has 11 heavy (non-hydrogen) atoms. The van der Waals surface area contributed by atoms with Gasteiger partial charge in [-0.3, -0.25) is 4.99 Å². The smallest absolute Gasteiger partial charge is 0.147 e. The fourth-order valence-corrected chi connectivity index (χ4v) is 1.24. The van der Waals surface area contributed by atoms with E-state index in [1.54, 1.807) is 6.92 Å². The summed E-state index contributed by atoms with van der Waals surface area (Å²) >= 11 is 0. The van der Waals surface area contributed by atoms with Gasteiger partial charge in [0.1, 0.15) is 9.84 Å². The van der Waals surface area contributed by atoms with Gasteiger partial charge in [0.2, 0.25) is 0 Å². The Hall–Kier alpha value is -0.580. The third-order valence-electron chi connectivity index (χ3n) is 1.03. The Kier molecular flexibility index (Phi) is 4.10. The fourth-order valence-electron chi connectivity index (χ4n) is 0.582. The second kappa shape index (κ2) is 4.33. The van der Waals surface area contributed by atoms with Crippen LogP contribution in [0.15, 0.2) is 4.99 Å². The summed E-state index contributed by atoms with van der Waals surface area (Å²) in [5.41, 5.74) is 5.24. The predicted molar refractivity (Wildman–Crippen MR) is 46.5 cm³/mol. The molecule has 66 valence electrons. The van der Waals surface area contributed by atoms with Gasteiger partial charge in [-0.1, -0.05) is 0 Å². The van der Waals surface area contributed by atoms with Crippen molar-refractivity contribution in [1.82, 2.24) is 0 Å². The molecule has 0 fully saturated rings. The van der Waals surface area contributed by atoms with Gasteiger partial charge in [0, 0.05) is 12.8 Å². The number of hydrogen-bond acceptors (Lipinski definition) is 3. The van der Waals surface area contributed by atoms with Crippen molar-refractivity contribution in [3.63, 3.8) is 0 Å². The monoisotopic (exact) mass is 178 g/mol. The highest BCUT2D eigenvalue weighted by Crippen LogP contribution is 1.88. The van der Waals surface area contributed by atoms with Gasteiger partial charge in [-0.25, -0.2) is 8.42 Å². The summed E-state index contributed by atoms with van der Waals surface area (Å²) < 4.78 is 21.2. The van der Waals surface area contributed by atoms with Crippen LogP contribution in [0.5, 0.6) is 0 Å². The summed E-state index contributed by atoms with van der Waals surface area (Å²) in [6, 6.07) is 0. The zero-order valence-electron chi connectivity index (χ0n) is 6.87. The number of nitrogens with zero attached hydrogens (tertiary/aromatic N) is 1. The van der Waals surface area contributed by atoms with E-state index < -0.39 is 9.84 Å². The van der Waals surface area contributed by atoms with Crippen LogP contribution in [0.3, 0.4) is 0 Å². The van der Waals surface area contributed by atoms with Crippen LogP contribution < -0.4 is 5.73 Å². The summed E-state index contributed by atoms with van der Waals surface area (Å²) in [5, 5.41) is 0. The first-order chi connectivity index (χ1) is 4.92. The average Bonchev–Trinajstić information content (AvgIpc) is 1.78. The van der Waals surface area contributed by atoms with E-state index in [9.17, 15) is 8.42 Å². The van der Waals surface area contributed by atoms with E-state index >= 15 is 0 Å². The minimum absolute atomic E-state index is 0.184. The standard InChI is InChI=1S/C6H14N2O2S/c1-6(7)8-4-3-5-11(2,9)10/h3-5H2,1-2H3,(H2,7,8). The van der Waals surface area contributed by atoms with Gasteiger partial charge in [-0.2, -0.15) is 0 Å². The van der Waals surface area contributed by atoms with Crippen LogP contribution in [-0.2, 0) is 9.84 Å². The number of rotatable bonds is 4. The molecule has 0 aromatic heterocycles. The molecular weight excluding hydrogens is 164 g/mol. The molecule has 2 N–H and O–H groups in total. The molecule has 0 rings (SSSR count). The lowest BCUT2D eigenvalue weighted by molar-refractivity contribution is 0.599. The highest BCUT2D eigenvalue weighted by molar-refractivity contribution is 7.90. The SMILES string of the molecule is CC(N)=NCCCS(C)(=O)=O. The quantitative estimate of drug-likeness (QED) is 0.368. The summed E-state index contributed by atoms with van der Waals surface area (Å²) in [6.07, 6.45) is 1.76. The van der Waals surface area contributed by atoms with Crippen LogP contribution in [0.25, 0.3) is 0 Å². The molecule has 0 atom stereocenters. The predicted octanol–water partition coefficient (Wildman–Crippen LogP) is -0.202. The molecule has 0 saturated carbocycles. The lowest BCUT2D eigenvalue weighted by Gasteiger charge is -1.94. The molecule has 0 aromatic carbocycles. The maximum absolute atomic E-state index is 10.6. The Morgan fingerprint density at radius 3 is 2.45 bits per heavy atom. The molecule has 0 aliphatic rings. The molecule has 0 unspecified atom stereocenters. The summed E-state index contributed by atoms with van der Waals surface area (Å²) in [6.45, 7) is 2.18. The number of nitrogens with two attached hydrogens (primary N) is 1. The molecule has 0 heterocycles. The van der Waals surface area contributed by atoms with Crippen LogP contribution >= 0.6 is 0 Å². The zero-order valence-corrected chi connectivity index (χ0v) is 7.69. The number of hydrogen-bond donors (Lipinski definition) is 1. The van der Waals surface area contributed by atoms with Gasteiger partial charge in [-0.05, 0) is 13.3 Å². The lowest BCUT2D eigenvalue weighted by Crippen LogP contribution is -2.08. The van der Waals surface area contributed by atoms with Crippen molar-refractivity contribution < 1.29 is 8.42 Å². The first-order valence-electron chi connectivity index (χ1n) is 3.36. The van der Waals surface area contributed by atoms with Crippen molar-refractivity contribution in [2.24, 2.45) is 10.7 Å². The lowest BCUT2D eigenvalue weighted by atomic mass is 10.5. The highest BCUT2D eigenvalue weighted by Gasteiger charge is 1.99. The van der Waals surface area contributed by atoms with Gasteiger partial charge in [-0.15, -0.1) is 0 Å². The van der Waals surface area contributed by atoms with Crippen molar-refractivity contribution in [2.45, 2.75) is 13.3 Å². The van der Waals surface area contributed by atoms with Gasteiger partial charge >= 0.3 is 0 Å². The Morgan fingerprint density at radius 1 is 1.55 bits per heavy atom. The minimum Gasteiger partial charge on any atom is -0.388 e. The average molecular weight is 178 g/mol. The highest BCUT2D eigenvalue weighted by atomic mass is 32.2. The molecule has 0 amide bonds. The normalized spacial score (nSPS) is 13.5. The number of sulfone groups is 1. The molecule has 0 spiro atoms. The van der Waals surface area contributed by atoms with Crippen molar-refractivity contribution in [3.8, 4) is 0 Å². The molecule has 0 aliphatic heterocycles. The molecule has 0 bridgehead atoms.